The summed E-state index contributed by atoms with van der Waals surface area (Å²) in [5.41, 5.74) is 0. The maximum Gasteiger partial charge on any atom is 0.209 e. The van der Waals surface area contributed by atoms with Crippen LogP contribution in [0.5, 0.6) is 0 Å². The van der Waals surface area contributed by atoms with Crippen molar-refractivity contribution in [3.63, 3.8) is 0 Å². The fourth-order valence-corrected chi connectivity index (χ4v) is 1.40. The van der Waals surface area contributed by atoms with Crippen molar-refractivity contribution in [1.29, 1.82) is 0 Å². The predicted octanol–water partition coefficient (Wildman–Crippen LogP) is 0.270. The first-order chi connectivity index (χ1) is 6.36. The van der Waals surface area contributed by atoms with E-state index in [1.807, 2.05) is 6.92 Å². The lowest BCUT2D eigenvalue weighted by molar-refractivity contribution is -0.117. The third kappa shape index (κ3) is 3.74. The Labute approximate surface area is 78.8 Å². The fraction of sp³-hybridized carbons (Fsp3) is 0.889. The van der Waals surface area contributed by atoms with Crippen molar-refractivity contribution in [2.75, 3.05) is 32.9 Å². The number of likely N-dealkylation sites (tertiary alicyclic amines) is 1. The number of carbonyl (C=O) groups is 1. The van der Waals surface area contributed by atoms with E-state index in [-0.39, 0.29) is 6.10 Å². The Bertz CT molecular complexity index is 152. The molecule has 1 fully saturated rings. The van der Waals surface area contributed by atoms with Gasteiger partial charge in [0.1, 0.15) is 0 Å². The van der Waals surface area contributed by atoms with Crippen LogP contribution < -0.4 is 0 Å². The third-order valence-corrected chi connectivity index (χ3v) is 2.11. The molecule has 1 unspecified atom stereocenters. The Hall–Kier alpha value is -0.610. The lowest BCUT2D eigenvalue weighted by atomic mass is 10.3. The van der Waals surface area contributed by atoms with Gasteiger partial charge < -0.3 is 14.4 Å². The molecule has 4 nitrogen and oxygen atoms in total. The zero-order valence-corrected chi connectivity index (χ0v) is 8.07. The highest BCUT2D eigenvalue weighted by molar-refractivity contribution is 5.47. The molecule has 1 amide bonds. The number of nitrogens with zero attached hydrogens (tertiary/aromatic N) is 1. The Morgan fingerprint density at radius 2 is 2.38 bits per heavy atom. The summed E-state index contributed by atoms with van der Waals surface area (Å²) in [4.78, 5) is 12.1. The highest BCUT2D eigenvalue weighted by Gasteiger charge is 2.21. The lowest BCUT2D eigenvalue weighted by Crippen LogP contribution is -2.22. The van der Waals surface area contributed by atoms with Crippen LogP contribution in [0.1, 0.15) is 13.3 Å². The molecule has 1 rings (SSSR count). The Morgan fingerprint density at radius 1 is 1.54 bits per heavy atom. The van der Waals surface area contributed by atoms with Crippen molar-refractivity contribution in [3.05, 3.63) is 0 Å². The minimum atomic E-state index is 0.214. The highest BCUT2D eigenvalue weighted by atomic mass is 16.5. The van der Waals surface area contributed by atoms with E-state index >= 15 is 0 Å². The van der Waals surface area contributed by atoms with Crippen molar-refractivity contribution in [2.45, 2.75) is 19.4 Å². The van der Waals surface area contributed by atoms with Gasteiger partial charge in [-0.05, 0) is 13.3 Å². The van der Waals surface area contributed by atoms with Gasteiger partial charge in [0.15, 0.2) is 0 Å². The molecule has 1 saturated heterocycles. The third-order valence-electron chi connectivity index (χ3n) is 2.11. The summed E-state index contributed by atoms with van der Waals surface area (Å²) < 4.78 is 10.6. The number of carbonyl (C=O) groups excluding carboxylic acids is 1. The number of hydrogen-bond donors (Lipinski definition) is 0. The zero-order chi connectivity index (χ0) is 9.52. The largest absolute Gasteiger partial charge is 0.379 e. The van der Waals surface area contributed by atoms with Gasteiger partial charge in [-0.2, -0.15) is 0 Å². The maximum atomic E-state index is 10.4. The SMILES string of the molecule is CCOCCOC1CCN(C=O)C1. The molecule has 0 aromatic rings. The van der Waals surface area contributed by atoms with Crippen molar-refractivity contribution in [2.24, 2.45) is 0 Å². The second kappa shape index (κ2) is 5.94. The molecule has 13 heavy (non-hydrogen) atoms. The molecule has 0 aromatic heterocycles. The molecule has 1 heterocycles. The molecule has 1 atom stereocenters. The van der Waals surface area contributed by atoms with Crippen LogP contribution in [-0.2, 0) is 14.3 Å². The van der Waals surface area contributed by atoms with Crippen LogP contribution in [0.15, 0.2) is 0 Å². The van der Waals surface area contributed by atoms with E-state index in [0.29, 0.717) is 13.2 Å². The monoisotopic (exact) mass is 187 g/mol. The van der Waals surface area contributed by atoms with Gasteiger partial charge in [0.05, 0.1) is 19.3 Å². The van der Waals surface area contributed by atoms with Gasteiger partial charge >= 0.3 is 0 Å². The van der Waals surface area contributed by atoms with Crippen LogP contribution in [0.3, 0.4) is 0 Å². The van der Waals surface area contributed by atoms with Gasteiger partial charge in [0.25, 0.3) is 0 Å². The van der Waals surface area contributed by atoms with Crippen LogP contribution in [0, 0.1) is 0 Å². The van der Waals surface area contributed by atoms with Gasteiger partial charge in [-0.3, -0.25) is 4.79 Å². The summed E-state index contributed by atoms with van der Waals surface area (Å²) in [6.45, 7) is 5.52. The average Bonchev–Trinajstić information content (AvgIpc) is 2.60. The Balaban J connectivity index is 2.00. The molecule has 0 radical (unpaired) electrons. The normalized spacial score (nSPS) is 22.2. The second-order valence-corrected chi connectivity index (χ2v) is 3.08. The van der Waals surface area contributed by atoms with Gasteiger partial charge in [-0.1, -0.05) is 0 Å². The molecule has 4 heteroatoms. The number of hydrogen-bond acceptors (Lipinski definition) is 3. The number of rotatable bonds is 6. The minimum absolute atomic E-state index is 0.214. The van der Waals surface area contributed by atoms with E-state index < -0.39 is 0 Å². The van der Waals surface area contributed by atoms with E-state index in [2.05, 4.69) is 0 Å². The first-order valence-electron chi connectivity index (χ1n) is 4.75. The summed E-state index contributed by atoms with van der Waals surface area (Å²) in [6.07, 6.45) is 2.04. The second-order valence-electron chi connectivity index (χ2n) is 3.08. The molecule has 0 bridgehead atoms. The summed E-state index contributed by atoms with van der Waals surface area (Å²) in [7, 11) is 0. The lowest BCUT2D eigenvalue weighted by Gasteiger charge is -2.11. The zero-order valence-electron chi connectivity index (χ0n) is 8.07. The van der Waals surface area contributed by atoms with Gasteiger partial charge in [-0.25, -0.2) is 0 Å². The number of amides is 1. The molecule has 76 valence electrons. The first kappa shape index (κ1) is 10.5. The van der Waals surface area contributed by atoms with Gasteiger partial charge in [0.2, 0.25) is 6.41 Å². The van der Waals surface area contributed by atoms with Crippen molar-refractivity contribution in [3.8, 4) is 0 Å². The molecular formula is C9H17NO3. The van der Waals surface area contributed by atoms with E-state index in [1.165, 1.54) is 0 Å². The van der Waals surface area contributed by atoms with Crippen LogP contribution in [-0.4, -0.2) is 50.3 Å². The molecule has 1 aliphatic heterocycles. The summed E-state index contributed by atoms with van der Waals surface area (Å²) in [5, 5.41) is 0. The predicted molar refractivity (Wildman–Crippen MR) is 48.5 cm³/mol. The quantitative estimate of drug-likeness (QED) is 0.442. The van der Waals surface area contributed by atoms with Crippen molar-refractivity contribution in [1.82, 2.24) is 4.90 Å². The van der Waals surface area contributed by atoms with Gasteiger partial charge in [-0.15, -0.1) is 0 Å². The van der Waals surface area contributed by atoms with E-state index in [9.17, 15) is 4.79 Å². The van der Waals surface area contributed by atoms with E-state index in [4.69, 9.17) is 9.47 Å². The van der Waals surface area contributed by atoms with Gasteiger partial charge in [0, 0.05) is 19.7 Å². The van der Waals surface area contributed by atoms with E-state index in [1.54, 1.807) is 4.90 Å². The molecular weight excluding hydrogens is 170 g/mol. The van der Waals surface area contributed by atoms with Crippen LogP contribution in [0.4, 0.5) is 0 Å². The number of ether oxygens (including phenoxy) is 2. The fourth-order valence-electron chi connectivity index (χ4n) is 1.40. The van der Waals surface area contributed by atoms with Crippen LogP contribution in [0.2, 0.25) is 0 Å². The standard InChI is InChI=1S/C9H17NO3/c1-2-12-5-6-13-9-3-4-10(7-9)8-11/h8-9H,2-7H2,1H3. The van der Waals surface area contributed by atoms with Crippen LogP contribution >= 0.6 is 0 Å². The molecule has 0 aliphatic carbocycles. The Kier molecular flexibility index (Phi) is 4.78. The van der Waals surface area contributed by atoms with E-state index in [0.717, 1.165) is 32.5 Å². The van der Waals surface area contributed by atoms with Crippen LogP contribution in [0.25, 0.3) is 0 Å². The molecule has 0 aromatic carbocycles. The summed E-state index contributed by atoms with van der Waals surface area (Å²) >= 11 is 0. The van der Waals surface area contributed by atoms with Crippen molar-refractivity contribution >= 4 is 6.41 Å². The molecule has 0 saturated carbocycles. The molecule has 0 N–H and O–H groups in total. The Morgan fingerprint density at radius 3 is 3.00 bits per heavy atom. The molecule has 1 aliphatic rings. The average molecular weight is 187 g/mol. The minimum Gasteiger partial charge on any atom is -0.379 e. The molecule has 0 spiro atoms. The summed E-state index contributed by atoms with van der Waals surface area (Å²) in [5.74, 6) is 0. The highest BCUT2D eigenvalue weighted by Crippen LogP contribution is 2.09. The smallest absolute Gasteiger partial charge is 0.209 e. The topological polar surface area (TPSA) is 38.8 Å². The first-order valence-corrected chi connectivity index (χ1v) is 4.75. The summed E-state index contributed by atoms with van der Waals surface area (Å²) in [6, 6.07) is 0. The maximum absolute atomic E-state index is 10.4. The van der Waals surface area contributed by atoms with Crippen molar-refractivity contribution < 1.29 is 14.3 Å².